The van der Waals surface area contributed by atoms with Crippen LogP contribution in [0.3, 0.4) is 0 Å². The van der Waals surface area contributed by atoms with Crippen LogP contribution in [-0.4, -0.2) is 33.4 Å². The van der Waals surface area contributed by atoms with Crippen LogP contribution in [0.5, 0.6) is 0 Å². The Morgan fingerprint density at radius 3 is 2.70 bits per heavy atom. The number of hydrogen-bond donors (Lipinski definition) is 2. The molecule has 0 saturated heterocycles. The summed E-state index contributed by atoms with van der Waals surface area (Å²) in [5.41, 5.74) is -0.0486. The standard InChI is InChI=1S/C15H16F3N3O2/c1-21-7-9(6-19-21)4-11(8-22)20-15(23)12-3-2-10(14(17)18)5-13(12)16/h2-3,5-7,11,14,22H,4,8H2,1H3,(H,20,23). The van der Waals surface area contributed by atoms with E-state index in [9.17, 15) is 23.1 Å². The van der Waals surface area contributed by atoms with Crippen LogP contribution in [0.1, 0.15) is 27.9 Å². The summed E-state index contributed by atoms with van der Waals surface area (Å²) in [4.78, 5) is 12.0. The molecule has 124 valence electrons. The van der Waals surface area contributed by atoms with Crippen molar-refractivity contribution in [1.29, 1.82) is 0 Å². The zero-order valence-electron chi connectivity index (χ0n) is 12.3. The molecule has 1 aromatic carbocycles. The van der Waals surface area contributed by atoms with Crippen LogP contribution in [0.15, 0.2) is 30.6 Å². The third kappa shape index (κ3) is 4.32. The first-order valence-corrected chi connectivity index (χ1v) is 6.87. The highest BCUT2D eigenvalue weighted by atomic mass is 19.3. The van der Waals surface area contributed by atoms with Gasteiger partial charge in [-0.15, -0.1) is 0 Å². The average molecular weight is 327 g/mol. The molecular formula is C15H16F3N3O2. The number of aliphatic hydroxyl groups is 1. The number of carbonyl (C=O) groups excluding carboxylic acids is 1. The Bertz CT molecular complexity index is 688. The maximum Gasteiger partial charge on any atom is 0.263 e. The number of nitrogens with zero attached hydrogens (tertiary/aromatic N) is 2. The van der Waals surface area contributed by atoms with Gasteiger partial charge in [-0.3, -0.25) is 9.48 Å². The number of hydrogen-bond acceptors (Lipinski definition) is 3. The zero-order chi connectivity index (χ0) is 17.0. The second-order valence-electron chi connectivity index (χ2n) is 5.12. The quantitative estimate of drug-likeness (QED) is 0.851. The monoisotopic (exact) mass is 327 g/mol. The van der Waals surface area contributed by atoms with Crippen molar-refractivity contribution in [2.75, 3.05) is 6.61 Å². The van der Waals surface area contributed by atoms with Crippen molar-refractivity contribution in [1.82, 2.24) is 15.1 Å². The van der Waals surface area contributed by atoms with Gasteiger partial charge in [0, 0.05) is 18.8 Å². The van der Waals surface area contributed by atoms with Crippen LogP contribution >= 0.6 is 0 Å². The summed E-state index contributed by atoms with van der Waals surface area (Å²) < 4.78 is 40.3. The molecule has 1 unspecified atom stereocenters. The van der Waals surface area contributed by atoms with Crippen LogP contribution in [-0.2, 0) is 13.5 Å². The van der Waals surface area contributed by atoms with Crippen molar-refractivity contribution in [3.05, 3.63) is 53.1 Å². The molecule has 1 heterocycles. The van der Waals surface area contributed by atoms with Gasteiger partial charge in [0.2, 0.25) is 0 Å². The van der Waals surface area contributed by atoms with Crippen LogP contribution in [0.2, 0.25) is 0 Å². The second kappa shape index (κ2) is 7.28. The number of rotatable bonds is 6. The van der Waals surface area contributed by atoms with E-state index in [1.807, 2.05) is 0 Å². The first kappa shape index (κ1) is 17.0. The van der Waals surface area contributed by atoms with Gasteiger partial charge in [0.25, 0.3) is 12.3 Å². The Balaban J connectivity index is 2.07. The van der Waals surface area contributed by atoms with Crippen molar-refractivity contribution in [2.45, 2.75) is 18.9 Å². The molecule has 5 nitrogen and oxygen atoms in total. The fourth-order valence-corrected chi connectivity index (χ4v) is 2.14. The highest BCUT2D eigenvalue weighted by Gasteiger charge is 2.19. The summed E-state index contributed by atoms with van der Waals surface area (Å²) >= 11 is 0. The highest BCUT2D eigenvalue weighted by Crippen LogP contribution is 2.21. The smallest absolute Gasteiger partial charge is 0.263 e. The van der Waals surface area contributed by atoms with Gasteiger partial charge in [0.15, 0.2) is 0 Å². The summed E-state index contributed by atoms with van der Waals surface area (Å²) in [6, 6.07) is 2.00. The first-order valence-electron chi connectivity index (χ1n) is 6.87. The van der Waals surface area contributed by atoms with Crippen molar-refractivity contribution in [3.8, 4) is 0 Å². The lowest BCUT2D eigenvalue weighted by atomic mass is 10.1. The zero-order valence-corrected chi connectivity index (χ0v) is 12.3. The molecule has 2 aromatic rings. The Hall–Kier alpha value is -2.35. The molecule has 0 aliphatic carbocycles. The maximum atomic E-state index is 13.8. The van der Waals surface area contributed by atoms with E-state index in [2.05, 4.69) is 10.4 Å². The fourth-order valence-electron chi connectivity index (χ4n) is 2.14. The Morgan fingerprint density at radius 1 is 1.43 bits per heavy atom. The minimum atomic E-state index is -2.81. The first-order chi connectivity index (χ1) is 10.9. The largest absolute Gasteiger partial charge is 0.394 e. The molecule has 1 amide bonds. The molecule has 1 atom stereocenters. The van der Waals surface area contributed by atoms with Crippen LogP contribution in [0.4, 0.5) is 13.2 Å². The third-order valence-corrected chi connectivity index (χ3v) is 3.29. The molecule has 0 aliphatic heterocycles. The highest BCUT2D eigenvalue weighted by molar-refractivity contribution is 5.94. The number of carbonyl (C=O) groups is 1. The van der Waals surface area contributed by atoms with Gasteiger partial charge in [-0.1, -0.05) is 6.07 Å². The average Bonchev–Trinajstić information content (AvgIpc) is 2.91. The number of benzene rings is 1. The van der Waals surface area contributed by atoms with Crippen molar-refractivity contribution >= 4 is 5.91 Å². The van der Waals surface area contributed by atoms with Crippen LogP contribution in [0.25, 0.3) is 0 Å². The Labute approximate surface area is 130 Å². The molecule has 2 N–H and O–H groups in total. The van der Waals surface area contributed by atoms with Gasteiger partial charge < -0.3 is 10.4 Å². The molecule has 0 saturated carbocycles. The predicted molar refractivity (Wildman–Crippen MR) is 76.6 cm³/mol. The predicted octanol–water partition coefficient (Wildman–Crippen LogP) is 1.83. The second-order valence-corrected chi connectivity index (χ2v) is 5.12. The maximum absolute atomic E-state index is 13.8. The van der Waals surface area contributed by atoms with Gasteiger partial charge in [0.05, 0.1) is 24.4 Å². The van der Waals surface area contributed by atoms with Gasteiger partial charge >= 0.3 is 0 Å². The molecule has 0 fully saturated rings. The van der Waals surface area contributed by atoms with Crippen LogP contribution < -0.4 is 5.32 Å². The number of amides is 1. The lowest BCUT2D eigenvalue weighted by Gasteiger charge is -2.16. The number of aromatic nitrogens is 2. The van der Waals surface area contributed by atoms with Crippen molar-refractivity contribution in [2.24, 2.45) is 7.05 Å². The molecule has 23 heavy (non-hydrogen) atoms. The molecule has 0 bridgehead atoms. The van der Waals surface area contributed by atoms with Gasteiger partial charge in [-0.05, 0) is 24.1 Å². The molecule has 8 heteroatoms. The summed E-state index contributed by atoms with van der Waals surface area (Å²) in [7, 11) is 1.73. The van der Waals surface area contributed by atoms with E-state index in [1.54, 1.807) is 24.1 Å². The van der Waals surface area contributed by atoms with Crippen LogP contribution in [0, 0.1) is 5.82 Å². The van der Waals surface area contributed by atoms with E-state index in [-0.39, 0.29) is 12.2 Å². The molecule has 1 aromatic heterocycles. The minimum Gasteiger partial charge on any atom is -0.394 e. The molecular weight excluding hydrogens is 311 g/mol. The number of nitrogens with one attached hydrogen (secondary N) is 1. The minimum absolute atomic E-state index is 0.312. The lowest BCUT2D eigenvalue weighted by molar-refractivity contribution is 0.0911. The molecule has 0 radical (unpaired) electrons. The number of halogens is 3. The summed E-state index contributed by atoms with van der Waals surface area (Å²) in [5.74, 6) is -1.80. The van der Waals surface area contributed by atoms with E-state index < -0.39 is 29.8 Å². The fraction of sp³-hybridized carbons (Fsp3) is 0.333. The van der Waals surface area contributed by atoms with Gasteiger partial charge in [-0.25, -0.2) is 13.2 Å². The molecule has 0 spiro atoms. The number of aryl methyl sites for hydroxylation is 1. The van der Waals surface area contributed by atoms with Gasteiger partial charge in [0.1, 0.15) is 5.82 Å². The third-order valence-electron chi connectivity index (χ3n) is 3.29. The number of aliphatic hydroxyl groups excluding tert-OH is 1. The van der Waals surface area contributed by atoms with Gasteiger partial charge in [-0.2, -0.15) is 5.10 Å². The lowest BCUT2D eigenvalue weighted by Crippen LogP contribution is -2.39. The summed E-state index contributed by atoms with van der Waals surface area (Å²) in [5, 5.41) is 15.8. The van der Waals surface area contributed by atoms with E-state index in [4.69, 9.17) is 0 Å². The Morgan fingerprint density at radius 2 is 2.17 bits per heavy atom. The van der Waals surface area contributed by atoms with Crippen molar-refractivity contribution < 1.29 is 23.1 Å². The summed E-state index contributed by atoms with van der Waals surface area (Å²) in [6.07, 6.45) is 0.823. The summed E-state index contributed by atoms with van der Waals surface area (Å²) in [6.45, 7) is -0.350. The van der Waals surface area contributed by atoms with E-state index in [0.717, 1.165) is 17.7 Å². The molecule has 0 aliphatic rings. The van der Waals surface area contributed by atoms with E-state index >= 15 is 0 Å². The topological polar surface area (TPSA) is 67.2 Å². The van der Waals surface area contributed by atoms with E-state index in [1.165, 1.54) is 0 Å². The Kier molecular flexibility index (Phi) is 5.38. The number of alkyl halides is 2. The normalized spacial score (nSPS) is 12.4. The SMILES string of the molecule is Cn1cc(CC(CO)NC(=O)c2ccc(C(F)F)cc2F)cn1. The van der Waals surface area contributed by atoms with Crippen molar-refractivity contribution in [3.63, 3.8) is 0 Å². The molecule has 2 rings (SSSR count). The van der Waals surface area contributed by atoms with E-state index in [0.29, 0.717) is 12.5 Å².